The van der Waals surface area contributed by atoms with Crippen LogP contribution in [0.5, 0.6) is 0 Å². The van der Waals surface area contributed by atoms with E-state index in [4.69, 9.17) is 0 Å². The Hall–Kier alpha value is -2.92. The average Bonchev–Trinajstić information content (AvgIpc) is 2.85. The summed E-state index contributed by atoms with van der Waals surface area (Å²) in [6.07, 6.45) is 7.59. The van der Waals surface area contributed by atoms with Crippen LogP contribution in [0.15, 0.2) is 60.7 Å². The van der Waals surface area contributed by atoms with Gasteiger partial charge in [0.1, 0.15) is 6.61 Å². The molecule has 0 radical (unpaired) electrons. The van der Waals surface area contributed by atoms with E-state index < -0.39 is 23.3 Å². The third-order valence-corrected chi connectivity index (χ3v) is 6.66. The lowest BCUT2D eigenvalue weighted by atomic mass is 9.90. The quantitative estimate of drug-likeness (QED) is 0.196. The molecule has 34 heavy (non-hydrogen) atoms. The summed E-state index contributed by atoms with van der Waals surface area (Å²) in [7, 11) is 0. The Balaban J connectivity index is 1.51. The van der Waals surface area contributed by atoms with Crippen molar-refractivity contribution in [2.75, 3.05) is 6.61 Å². The molecule has 1 saturated heterocycles. The summed E-state index contributed by atoms with van der Waals surface area (Å²) in [4.78, 5) is 0. The number of rotatable bonds is 6. The largest absolute Gasteiger partial charge is 0.428 e. The molecule has 3 aromatic carbocycles. The minimum absolute atomic E-state index is 0.125. The number of allylic oxidation sites excluding steroid dienone is 2. The summed E-state index contributed by atoms with van der Waals surface area (Å²) in [5.41, 5.74) is 1.70. The summed E-state index contributed by atoms with van der Waals surface area (Å²) < 4.78 is 62.9. The van der Waals surface area contributed by atoms with Crippen LogP contribution in [0.4, 0.5) is 17.6 Å². The van der Waals surface area contributed by atoms with Crippen LogP contribution >= 0.6 is 0 Å². The molecule has 5 heteroatoms. The van der Waals surface area contributed by atoms with Gasteiger partial charge in [0, 0.05) is 23.5 Å². The second-order valence-electron chi connectivity index (χ2n) is 8.94. The normalized spacial score (nSPS) is 18.5. The van der Waals surface area contributed by atoms with Gasteiger partial charge in [0.25, 0.3) is 0 Å². The van der Waals surface area contributed by atoms with E-state index in [1.54, 1.807) is 36.4 Å². The number of hydrogen-bond donors (Lipinski definition) is 0. The molecular weight excluding hydrogens is 440 g/mol. The van der Waals surface area contributed by atoms with Crippen LogP contribution in [0, 0.1) is 36.1 Å². The molecular formula is C29H29F4O+. The van der Waals surface area contributed by atoms with E-state index in [0.717, 1.165) is 19.3 Å². The average molecular weight is 470 g/mol. The predicted octanol–water partition coefficient (Wildman–Crippen LogP) is 8.22. The Morgan fingerprint density at radius 1 is 0.794 bits per heavy atom. The molecule has 1 fully saturated rings. The second-order valence-corrected chi connectivity index (χ2v) is 8.94. The van der Waals surface area contributed by atoms with Crippen molar-refractivity contribution in [2.45, 2.75) is 45.6 Å². The minimum atomic E-state index is -0.922. The van der Waals surface area contributed by atoms with Crippen molar-refractivity contribution in [3.63, 3.8) is 0 Å². The summed E-state index contributed by atoms with van der Waals surface area (Å²) in [5.74, 6) is -3.10. The molecule has 3 aromatic rings. The maximum absolute atomic E-state index is 15.0. The maximum atomic E-state index is 15.0. The van der Waals surface area contributed by atoms with E-state index >= 15 is 8.78 Å². The van der Waals surface area contributed by atoms with Gasteiger partial charge in [-0.1, -0.05) is 54.6 Å². The first kappa shape index (κ1) is 24.2. The van der Waals surface area contributed by atoms with Crippen LogP contribution in [-0.4, -0.2) is 11.3 Å². The fourth-order valence-electron chi connectivity index (χ4n) is 4.58. The number of benzene rings is 3. The van der Waals surface area contributed by atoms with E-state index in [-0.39, 0.29) is 22.8 Å². The molecule has 0 saturated carbocycles. The van der Waals surface area contributed by atoms with E-state index in [1.165, 1.54) is 19.1 Å². The standard InChI is InChI=1S/C29H28F4O/c1-3-4-5-6-19-8-16-25(34-17-19)24-15-14-23(28(32)29(24)33)21-11-9-20(10-12-21)22-13-7-18(2)26(30)27(22)31/h3-4,7,9-15,19,25H,5-6,8,16-17H2,1-2H3/p+1/b4-3+. The van der Waals surface area contributed by atoms with Gasteiger partial charge in [-0.3, -0.25) is 0 Å². The molecule has 1 aliphatic rings. The van der Waals surface area contributed by atoms with E-state index in [2.05, 4.69) is 10.8 Å². The fourth-order valence-corrected chi connectivity index (χ4v) is 4.58. The molecule has 0 aliphatic carbocycles. The lowest BCUT2D eigenvalue weighted by Crippen LogP contribution is -2.25. The van der Waals surface area contributed by atoms with Gasteiger partial charge in [-0.25, -0.2) is 17.6 Å². The highest BCUT2D eigenvalue weighted by molar-refractivity contribution is 5.71. The first-order valence-electron chi connectivity index (χ1n) is 11.7. The summed E-state index contributed by atoms with van der Waals surface area (Å²) in [6.45, 7) is 4.17. The van der Waals surface area contributed by atoms with Gasteiger partial charge in [-0.15, -0.1) is 0 Å². The Kier molecular flexibility index (Phi) is 7.52. The molecule has 1 heterocycles. The zero-order chi connectivity index (χ0) is 24.2. The van der Waals surface area contributed by atoms with Crippen LogP contribution in [0.25, 0.3) is 22.3 Å². The van der Waals surface area contributed by atoms with Gasteiger partial charge in [0.15, 0.2) is 29.4 Å². The van der Waals surface area contributed by atoms with Crippen LogP contribution in [0.2, 0.25) is 0 Å². The highest BCUT2D eigenvalue weighted by Gasteiger charge is 2.30. The number of ether oxygens (including phenoxy) is 1. The van der Waals surface area contributed by atoms with Crippen molar-refractivity contribution in [3.05, 3.63) is 95.1 Å². The molecule has 1 N–H and O–H groups in total. The van der Waals surface area contributed by atoms with Crippen LogP contribution in [0.3, 0.4) is 0 Å². The zero-order valence-electron chi connectivity index (χ0n) is 19.4. The molecule has 2 unspecified atom stereocenters. The third kappa shape index (κ3) is 4.95. The van der Waals surface area contributed by atoms with Crippen LogP contribution in [0.1, 0.15) is 49.8 Å². The van der Waals surface area contributed by atoms with Crippen molar-refractivity contribution < 1.29 is 22.3 Å². The first-order valence-corrected chi connectivity index (χ1v) is 11.7. The number of halogens is 4. The highest BCUT2D eigenvalue weighted by atomic mass is 19.2. The molecule has 178 valence electrons. The van der Waals surface area contributed by atoms with Gasteiger partial charge in [-0.05, 0) is 55.9 Å². The summed E-state index contributed by atoms with van der Waals surface area (Å²) in [5, 5.41) is 0. The fraction of sp³-hybridized carbons (Fsp3) is 0.310. The Morgan fingerprint density at radius 3 is 2.00 bits per heavy atom. The molecule has 4 rings (SSSR count). The zero-order valence-corrected chi connectivity index (χ0v) is 19.4. The van der Waals surface area contributed by atoms with Gasteiger partial charge < -0.3 is 4.74 Å². The van der Waals surface area contributed by atoms with Crippen LogP contribution in [-0.2, 0) is 0 Å². The topological polar surface area (TPSA) is 12.8 Å². The molecule has 2 atom stereocenters. The Morgan fingerprint density at radius 2 is 1.41 bits per heavy atom. The van der Waals surface area contributed by atoms with Gasteiger partial charge >= 0.3 is 0 Å². The van der Waals surface area contributed by atoms with Crippen molar-refractivity contribution >= 4 is 0 Å². The van der Waals surface area contributed by atoms with E-state index in [0.29, 0.717) is 35.6 Å². The van der Waals surface area contributed by atoms with Crippen molar-refractivity contribution in [3.8, 4) is 22.3 Å². The monoisotopic (exact) mass is 469 g/mol. The molecule has 1 nitrogen and oxygen atoms in total. The third-order valence-electron chi connectivity index (χ3n) is 6.66. The van der Waals surface area contributed by atoms with Crippen LogP contribution < -0.4 is 0 Å². The van der Waals surface area contributed by atoms with Gasteiger partial charge in [-0.2, -0.15) is 0 Å². The van der Waals surface area contributed by atoms with Crippen molar-refractivity contribution in [1.29, 1.82) is 0 Å². The Bertz CT molecular complexity index is 1180. The van der Waals surface area contributed by atoms with Crippen molar-refractivity contribution in [2.24, 2.45) is 5.92 Å². The second kappa shape index (κ2) is 10.6. The molecule has 1 aliphatic heterocycles. The molecule has 0 amide bonds. The lowest BCUT2D eigenvalue weighted by molar-refractivity contribution is -0.157. The Labute approximate surface area is 198 Å². The smallest absolute Gasteiger partial charge is 0.184 e. The molecule has 0 aromatic heterocycles. The highest BCUT2D eigenvalue weighted by Crippen LogP contribution is 2.36. The molecule has 0 spiro atoms. The van der Waals surface area contributed by atoms with Gasteiger partial charge in [0.05, 0.1) is 5.56 Å². The van der Waals surface area contributed by atoms with Crippen molar-refractivity contribution in [1.82, 2.24) is 0 Å². The SMILES string of the molecule is C/C=C/CCC1CCC(c2ccc(-c3ccc(-c4ccc(C)c(F)c4F)cc3)c(F)c2F)[OH+]C1. The minimum Gasteiger partial charge on any atom is -0.428 e. The van der Waals surface area contributed by atoms with E-state index in [9.17, 15) is 8.78 Å². The summed E-state index contributed by atoms with van der Waals surface area (Å²) in [6, 6.07) is 12.5. The maximum Gasteiger partial charge on any atom is 0.184 e. The number of aliphatic hydroxyl groups is 2. The summed E-state index contributed by atoms with van der Waals surface area (Å²) >= 11 is 0. The van der Waals surface area contributed by atoms with Gasteiger partial charge in [0.2, 0.25) is 0 Å². The van der Waals surface area contributed by atoms with E-state index in [1.807, 2.05) is 13.0 Å². The number of hydrogen-bond acceptors (Lipinski definition) is 0. The lowest BCUT2D eigenvalue weighted by Gasteiger charge is -2.26. The first-order chi connectivity index (χ1) is 16.4. The molecule has 0 bridgehead atoms. The predicted molar refractivity (Wildman–Crippen MR) is 128 cm³/mol. The number of aryl methyl sites for hydroxylation is 1.